The van der Waals surface area contributed by atoms with Crippen molar-refractivity contribution >= 4 is 0 Å². The maximum atomic E-state index is 5.60. The van der Waals surface area contributed by atoms with Gasteiger partial charge < -0.3 is 10.1 Å². The van der Waals surface area contributed by atoms with Crippen molar-refractivity contribution in [1.29, 1.82) is 0 Å². The first-order chi connectivity index (χ1) is 6.93. The van der Waals surface area contributed by atoms with Crippen molar-refractivity contribution in [2.75, 3.05) is 26.3 Å². The first kappa shape index (κ1) is 9.17. The highest BCUT2D eigenvalue weighted by Gasteiger charge is 2.40. The Kier molecular flexibility index (Phi) is 2.50. The molecule has 80 valence electrons. The second kappa shape index (κ2) is 3.82. The quantitative estimate of drug-likeness (QED) is 0.687. The fraction of sp³-hybridized carbons (Fsp3) is 1.00. The predicted octanol–water partition coefficient (Wildman–Crippen LogP) is 1.66. The van der Waals surface area contributed by atoms with Crippen molar-refractivity contribution in [3.8, 4) is 0 Å². The molecule has 0 aromatic rings. The average Bonchev–Trinajstić information content (AvgIpc) is 2.78. The van der Waals surface area contributed by atoms with Gasteiger partial charge in [0.1, 0.15) is 0 Å². The molecule has 0 aromatic heterocycles. The van der Waals surface area contributed by atoms with E-state index in [-0.39, 0.29) is 0 Å². The Labute approximate surface area is 86.4 Å². The van der Waals surface area contributed by atoms with Crippen molar-refractivity contribution in [3.63, 3.8) is 0 Å². The number of nitrogens with one attached hydrogen (secondary N) is 1. The minimum atomic E-state index is 0.898. The molecule has 2 aliphatic heterocycles. The summed E-state index contributed by atoms with van der Waals surface area (Å²) in [4.78, 5) is 0. The normalized spacial score (nSPS) is 48.0. The van der Waals surface area contributed by atoms with E-state index < -0.39 is 0 Å². The summed E-state index contributed by atoms with van der Waals surface area (Å²) in [6.45, 7) is 4.64. The number of fused-ring (bicyclic) bond motifs is 1. The Bertz CT molecular complexity index is 188. The zero-order valence-corrected chi connectivity index (χ0v) is 8.87. The van der Waals surface area contributed by atoms with Crippen LogP contribution in [-0.4, -0.2) is 26.3 Å². The van der Waals surface area contributed by atoms with Crippen LogP contribution in [0.15, 0.2) is 0 Å². The molecule has 0 spiro atoms. The topological polar surface area (TPSA) is 21.3 Å². The van der Waals surface area contributed by atoms with Gasteiger partial charge in [0.2, 0.25) is 0 Å². The maximum absolute atomic E-state index is 5.60. The first-order valence-corrected chi connectivity index (χ1v) is 6.22. The molecular formula is C12H21NO. The van der Waals surface area contributed by atoms with E-state index in [9.17, 15) is 0 Å². The summed E-state index contributed by atoms with van der Waals surface area (Å²) in [6.07, 6.45) is 5.68. The third kappa shape index (κ3) is 1.59. The van der Waals surface area contributed by atoms with E-state index in [1.54, 1.807) is 0 Å². The second-order valence-electron chi connectivity index (χ2n) is 5.39. The Morgan fingerprint density at radius 2 is 1.71 bits per heavy atom. The molecule has 2 heteroatoms. The molecule has 0 amide bonds. The van der Waals surface area contributed by atoms with Gasteiger partial charge in [-0.1, -0.05) is 0 Å². The molecule has 3 atom stereocenters. The van der Waals surface area contributed by atoms with Crippen LogP contribution in [0.1, 0.15) is 25.7 Å². The SMILES string of the molecule is C1COCC(C2CC3CNCC3C2)C1. The Morgan fingerprint density at radius 3 is 2.36 bits per heavy atom. The molecule has 2 heterocycles. The van der Waals surface area contributed by atoms with E-state index in [0.29, 0.717) is 0 Å². The number of hydrogen-bond acceptors (Lipinski definition) is 2. The van der Waals surface area contributed by atoms with Crippen molar-refractivity contribution in [2.24, 2.45) is 23.7 Å². The van der Waals surface area contributed by atoms with Gasteiger partial charge >= 0.3 is 0 Å². The highest BCUT2D eigenvalue weighted by atomic mass is 16.5. The standard InChI is InChI=1S/C12H21NO/c1-2-9(8-14-3-1)10-4-11-6-13-7-12(11)5-10/h9-13H,1-8H2. The monoisotopic (exact) mass is 195 g/mol. The fourth-order valence-electron chi connectivity index (χ4n) is 3.74. The molecule has 0 aromatic carbocycles. The van der Waals surface area contributed by atoms with Gasteiger partial charge in [0, 0.05) is 13.2 Å². The van der Waals surface area contributed by atoms with E-state index in [1.165, 1.54) is 38.8 Å². The highest BCUT2D eigenvalue weighted by molar-refractivity contribution is 4.92. The van der Waals surface area contributed by atoms with Gasteiger partial charge in [-0.2, -0.15) is 0 Å². The molecule has 1 aliphatic carbocycles. The van der Waals surface area contributed by atoms with Crippen molar-refractivity contribution < 1.29 is 4.74 Å². The molecule has 0 radical (unpaired) electrons. The van der Waals surface area contributed by atoms with Crippen LogP contribution in [0.3, 0.4) is 0 Å². The molecule has 3 unspecified atom stereocenters. The molecule has 2 saturated heterocycles. The highest BCUT2D eigenvalue weighted by Crippen LogP contribution is 2.43. The van der Waals surface area contributed by atoms with Crippen LogP contribution in [0.4, 0.5) is 0 Å². The summed E-state index contributed by atoms with van der Waals surface area (Å²) in [5, 5.41) is 3.52. The lowest BCUT2D eigenvalue weighted by molar-refractivity contribution is 0.0302. The average molecular weight is 195 g/mol. The lowest BCUT2D eigenvalue weighted by Gasteiger charge is -2.28. The molecule has 0 bridgehead atoms. The lowest BCUT2D eigenvalue weighted by Crippen LogP contribution is -2.25. The summed E-state index contributed by atoms with van der Waals surface area (Å²) in [5.74, 6) is 3.89. The molecule has 1 saturated carbocycles. The fourth-order valence-corrected chi connectivity index (χ4v) is 3.74. The van der Waals surface area contributed by atoms with E-state index in [4.69, 9.17) is 4.74 Å². The lowest BCUT2D eigenvalue weighted by atomic mass is 9.85. The molecule has 3 fully saturated rings. The third-order valence-electron chi connectivity index (χ3n) is 4.55. The van der Waals surface area contributed by atoms with Crippen LogP contribution in [0, 0.1) is 23.7 Å². The van der Waals surface area contributed by atoms with Crippen molar-refractivity contribution in [2.45, 2.75) is 25.7 Å². The van der Waals surface area contributed by atoms with Gasteiger partial charge in [-0.3, -0.25) is 0 Å². The minimum Gasteiger partial charge on any atom is -0.381 e. The minimum absolute atomic E-state index is 0.898. The van der Waals surface area contributed by atoms with Crippen LogP contribution in [0.2, 0.25) is 0 Å². The van der Waals surface area contributed by atoms with Crippen molar-refractivity contribution in [1.82, 2.24) is 5.32 Å². The van der Waals surface area contributed by atoms with Gasteiger partial charge in [-0.15, -0.1) is 0 Å². The van der Waals surface area contributed by atoms with Gasteiger partial charge in [0.15, 0.2) is 0 Å². The summed E-state index contributed by atoms with van der Waals surface area (Å²) < 4.78 is 5.60. The van der Waals surface area contributed by atoms with E-state index in [1.807, 2.05) is 0 Å². The molecule has 2 nitrogen and oxygen atoms in total. The Balaban J connectivity index is 1.59. The van der Waals surface area contributed by atoms with Gasteiger partial charge in [0.05, 0.1) is 0 Å². The molecule has 3 rings (SSSR count). The molecule has 14 heavy (non-hydrogen) atoms. The van der Waals surface area contributed by atoms with E-state index in [0.717, 1.165) is 36.9 Å². The molecule has 3 aliphatic rings. The van der Waals surface area contributed by atoms with Crippen LogP contribution < -0.4 is 5.32 Å². The van der Waals surface area contributed by atoms with Crippen molar-refractivity contribution in [3.05, 3.63) is 0 Å². The van der Waals surface area contributed by atoms with Gasteiger partial charge in [-0.05, 0) is 62.4 Å². The Morgan fingerprint density at radius 1 is 0.929 bits per heavy atom. The zero-order valence-electron chi connectivity index (χ0n) is 8.87. The van der Waals surface area contributed by atoms with E-state index in [2.05, 4.69) is 5.32 Å². The summed E-state index contributed by atoms with van der Waals surface area (Å²) >= 11 is 0. The van der Waals surface area contributed by atoms with Crippen LogP contribution in [-0.2, 0) is 4.74 Å². The van der Waals surface area contributed by atoms with Crippen LogP contribution in [0.5, 0.6) is 0 Å². The largest absolute Gasteiger partial charge is 0.381 e. The number of ether oxygens (including phenoxy) is 1. The zero-order chi connectivity index (χ0) is 9.38. The van der Waals surface area contributed by atoms with Crippen LogP contribution in [0.25, 0.3) is 0 Å². The smallest absolute Gasteiger partial charge is 0.0496 e. The van der Waals surface area contributed by atoms with E-state index >= 15 is 0 Å². The summed E-state index contributed by atoms with van der Waals surface area (Å²) in [5.41, 5.74) is 0. The number of rotatable bonds is 1. The van der Waals surface area contributed by atoms with Gasteiger partial charge in [0.25, 0.3) is 0 Å². The van der Waals surface area contributed by atoms with Gasteiger partial charge in [-0.25, -0.2) is 0 Å². The Hall–Kier alpha value is -0.0800. The van der Waals surface area contributed by atoms with Crippen LogP contribution >= 0.6 is 0 Å². The summed E-state index contributed by atoms with van der Waals surface area (Å²) in [7, 11) is 0. The molecular weight excluding hydrogens is 174 g/mol. The summed E-state index contributed by atoms with van der Waals surface area (Å²) in [6, 6.07) is 0. The predicted molar refractivity (Wildman–Crippen MR) is 56.1 cm³/mol. The second-order valence-corrected chi connectivity index (χ2v) is 5.39. The maximum Gasteiger partial charge on any atom is 0.0496 e. The first-order valence-electron chi connectivity index (χ1n) is 6.22. The molecule has 1 N–H and O–H groups in total. The number of hydrogen-bond donors (Lipinski definition) is 1. The third-order valence-corrected chi connectivity index (χ3v) is 4.55.